The number of anilines is 14. The Bertz CT molecular complexity index is 7110. The van der Waals surface area contributed by atoms with E-state index < -0.39 is 0 Å². The van der Waals surface area contributed by atoms with Crippen LogP contribution in [0.3, 0.4) is 0 Å². The molecule has 0 fully saturated rings. The Labute approximate surface area is 713 Å². The first kappa shape index (κ1) is 78.3. The number of para-hydroxylation sites is 10. The van der Waals surface area contributed by atoms with Crippen molar-refractivity contribution in [3.05, 3.63) is 299 Å². The lowest BCUT2D eigenvalue weighted by Crippen LogP contribution is -2.42. The molecule has 18 aromatic rings. The highest BCUT2D eigenvalue weighted by Crippen LogP contribution is 2.57. The number of furan rings is 4. The van der Waals surface area contributed by atoms with Crippen molar-refractivity contribution >= 4 is 168 Å². The minimum atomic E-state index is 0.0574. The van der Waals surface area contributed by atoms with Gasteiger partial charge in [0.25, 0.3) is 0 Å². The lowest BCUT2D eigenvalue weighted by atomic mass is 9.91. The number of pyridine rings is 4. The minimum absolute atomic E-state index is 0.0574. The molecule has 0 bridgehead atoms. The Morgan fingerprint density at radius 2 is 0.525 bits per heavy atom. The Balaban J connectivity index is 0.000000108. The van der Waals surface area contributed by atoms with Gasteiger partial charge in [0.05, 0.1) is 73.9 Å². The number of rotatable bonds is 9. The second kappa shape index (κ2) is 30.6. The van der Waals surface area contributed by atoms with Crippen molar-refractivity contribution in [1.82, 2.24) is 19.9 Å². The highest BCUT2D eigenvalue weighted by molar-refractivity contribution is 6.14. The van der Waals surface area contributed by atoms with Gasteiger partial charge in [-0.2, -0.15) is 0 Å². The molecule has 12 heterocycles. The summed E-state index contributed by atoms with van der Waals surface area (Å²) in [6.07, 6.45) is 0.554. The van der Waals surface area contributed by atoms with Crippen molar-refractivity contribution < 1.29 is 17.7 Å². The molecule has 16 nitrogen and oxygen atoms in total. The van der Waals surface area contributed by atoms with Gasteiger partial charge in [0.15, 0.2) is 22.3 Å². The maximum atomic E-state index is 6.51. The van der Waals surface area contributed by atoms with E-state index in [2.05, 4.69) is 383 Å². The maximum absolute atomic E-state index is 6.51. The van der Waals surface area contributed by atoms with Gasteiger partial charge in [-0.05, 0) is 251 Å². The van der Waals surface area contributed by atoms with E-state index in [1.165, 1.54) is 90.3 Å². The molecule has 0 saturated heterocycles. The molecule has 122 heavy (non-hydrogen) atoms. The molecule has 8 aromatic heterocycles. The summed E-state index contributed by atoms with van der Waals surface area (Å²) in [6.45, 7) is 39.4. The molecule has 0 saturated carbocycles. The van der Waals surface area contributed by atoms with Crippen LogP contribution >= 0.6 is 0 Å². The van der Waals surface area contributed by atoms with Crippen LogP contribution in [0.1, 0.15) is 137 Å². The fourth-order valence-electron chi connectivity index (χ4n) is 19.5. The molecule has 22 rings (SSSR count). The summed E-state index contributed by atoms with van der Waals surface area (Å²) in [4.78, 5) is 37.9. The van der Waals surface area contributed by atoms with Crippen LogP contribution in [0.5, 0.6) is 0 Å². The van der Waals surface area contributed by atoms with E-state index in [-0.39, 0.29) is 24.7 Å². The Morgan fingerprint density at radius 1 is 0.254 bits per heavy atom. The predicted octanol–water partition coefficient (Wildman–Crippen LogP) is 28.6. The number of fused-ring (bicyclic) bond motifs is 16. The van der Waals surface area contributed by atoms with Gasteiger partial charge in [-0.3, -0.25) is 0 Å². The van der Waals surface area contributed by atoms with Crippen molar-refractivity contribution in [3.8, 4) is 0 Å². The number of hydrogen-bond donors (Lipinski definition) is 0. The van der Waals surface area contributed by atoms with Crippen LogP contribution in [0.25, 0.3) is 88.3 Å². The van der Waals surface area contributed by atoms with Crippen molar-refractivity contribution in [3.63, 3.8) is 0 Å². The number of benzene rings is 10. The Kier molecular flexibility index (Phi) is 19.6. The third-order valence-electron chi connectivity index (χ3n) is 25.4. The van der Waals surface area contributed by atoms with Gasteiger partial charge in [-0.15, -0.1) is 0 Å². The lowest BCUT2D eigenvalue weighted by molar-refractivity contribution is 0.601. The maximum Gasteiger partial charge on any atom is 0.227 e. The molecule has 0 spiro atoms. The van der Waals surface area contributed by atoms with Crippen molar-refractivity contribution in [2.24, 2.45) is 0 Å². The standard InChI is InChI=1S/C33H35N3O.C27H23N3O.C24H25N3O.C22H21N3O/c1-19(2)24-11-10-12-25(20(3)4)31(24)36-23(7)35(28-13-8-9-14-29(28)36)30-21(5)15-17-26-27-18-16-22(6)34-33(27)37-32(26)30;1-17-13-15-21-22-16-14-18(2)28-27(22)31-26(21)25(17)30-19(3)29(20-9-5-4-6-10-20)23-11-7-8-12-24(23)30;1-14(2)26-17(5)27(21-9-7-6-8-20(21)26)22-15(3)10-12-18-19-13-11-16(4)25-24(19)28-23(18)22;1-13-9-11-16-17-12-10-14(2)23-22(17)26-21(16)20(13)25-15(3)24(4)18-7-5-6-8-19(18)25/h8-20,23H,1-7H3;4-16,19H,1-3H3;6-14,17H,1-5H3;5-12,15H,1-4H3. The molecule has 0 N–H and O–H groups in total. The summed E-state index contributed by atoms with van der Waals surface area (Å²) < 4.78 is 25.5. The van der Waals surface area contributed by atoms with Crippen LogP contribution in [-0.4, -0.2) is 57.7 Å². The monoisotopic (exact) mass is 1610 g/mol. The molecule has 0 amide bonds. The molecular formula is C106H104N12O4. The number of aryl methyl sites for hydroxylation is 8. The average molecular weight is 1610 g/mol. The van der Waals surface area contributed by atoms with Crippen LogP contribution in [0.4, 0.5) is 79.6 Å². The first-order valence-corrected chi connectivity index (χ1v) is 42.9. The first-order valence-electron chi connectivity index (χ1n) is 42.9. The molecule has 10 aromatic carbocycles. The van der Waals surface area contributed by atoms with E-state index in [0.29, 0.717) is 40.7 Å². The van der Waals surface area contributed by atoms with E-state index in [9.17, 15) is 0 Å². The van der Waals surface area contributed by atoms with Gasteiger partial charge < -0.3 is 56.9 Å². The van der Waals surface area contributed by atoms with Crippen LogP contribution in [0, 0.1) is 55.4 Å². The first-order chi connectivity index (χ1) is 58.9. The second-order valence-electron chi connectivity index (χ2n) is 34.3. The molecule has 4 aliphatic rings. The average Bonchev–Trinajstić information content (AvgIpc) is 1.58. The van der Waals surface area contributed by atoms with Crippen molar-refractivity contribution in [2.45, 2.75) is 167 Å². The zero-order chi connectivity index (χ0) is 84.7. The SMILES string of the molecule is Cc1ccc2c(n1)oc1c(N3c4ccccc4N(C(C)C)C3C)c(C)ccc12.Cc1ccc2c(n1)oc1c(N3c4ccccc4N(C)C3C)c(C)ccc12.Cc1ccc2c(n1)oc1c(N3c4ccccc4N(c4c(C(C)C)cccc4C(C)C)C3C)c(C)ccc12.Cc1ccc2c(n1)oc1c(N3c4ccccc4N(c4ccccc4)C3C)c(C)ccc12. The molecule has 0 aliphatic carbocycles. The fraction of sp³-hybridized carbons (Fsp3) is 0.245. The summed E-state index contributed by atoms with van der Waals surface area (Å²) in [5.41, 5.74) is 34.6. The van der Waals surface area contributed by atoms with Gasteiger partial charge in [0, 0.05) is 84.6 Å². The summed E-state index contributed by atoms with van der Waals surface area (Å²) in [6, 6.07) is 86.4. The number of aromatic nitrogens is 4. The fourth-order valence-corrected chi connectivity index (χ4v) is 19.5. The van der Waals surface area contributed by atoms with E-state index in [1.807, 2.05) is 45.9 Å². The predicted molar refractivity (Wildman–Crippen MR) is 507 cm³/mol. The molecule has 0 radical (unpaired) electrons. The van der Waals surface area contributed by atoms with Gasteiger partial charge in [-0.25, -0.2) is 19.9 Å². The highest BCUT2D eigenvalue weighted by Gasteiger charge is 2.43. The van der Waals surface area contributed by atoms with E-state index >= 15 is 0 Å². The Hall–Kier alpha value is -13.6. The number of hydrogen-bond acceptors (Lipinski definition) is 16. The smallest absolute Gasteiger partial charge is 0.227 e. The zero-order valence-corrected chi connectivity index (χ0v) is 73.1. The quantitative estimate of drug-likeness (QED) is 0.136. The third-order valence-corrected chi connectivity index (χ3v) is 25.4. The van der Waals surface area contributed by atoms with Gasteiger partial charge >= 0.3 is 0 Å². The largest absolute Gasteiger partial charge is 0.435 e. The summed E-state index contributed by atoms with van der Waals surface area (Å²) >= 11 is 0. The van der Waals surface area contributed by atoms with Crippen molar-refractivity contribution in [1.29, 1.82) is 0 Å². The Morgan fingerprint density at radius 3 is 0.869 bits per heavy atom. The molecule has 4 unspecified atom stereocenters. The van der Waals surface area contributed by atoms with Crippen LogP contribution in [0.2, 0.25) is 0 Å². The topological polar surface area (TPSA) is 130 Å². The van der Waals surface area contributed by atoms with Crippen LogP contribution < -0.4 is 39.2 Å². The van der Waals surface area contributed by atoms with Crippen molar-refractivity contribution in [2.75, 3.05) is 46.2 Å². The van der Waals surface area contributed by atoms with Gasteiger partial charge in [0.1, 0.15) is 24.7 Å². The van der Waals surface area contributed by atoms with E-state index in [4.69, 9.17) is 22.7 Å². The van der Waals surface area contributed by atoms with Crippen LogP contribution in [-0.2, 0) is 0 Å². The molecular weight excluding hydrogens is 1510 g/mol. The summed E-state index contributed by atoms with van der Waals surface area (Å²) in [5.74, 6) is 0.828. The number of nitrogens with zero attached hydrogens (tertiary/aromatic N) is 12. The second-order valence-corrected chi connectivity index (χ2v) is 34.3. The molecule has 4 atom stereocenters. The lowest BCUT2D eigenvalue weighted by Gasteiger charge is -2.34. The van der Waals surface area contributed by atoms with E-state index in [1.54, 1.807) is 0 Å². The van der Waals surface area contributed by atoms with Gasteiger partial charge in [0.2, 0.25) is 22.9 Å². The minimum Gasteiger partial charge on any atom is -0.435 e. The third kappa shape index (κ3) is 12.8. The molecule has 16 heteroatoms. The zero-order valence-electron chi connectivity index (χ0n) is 73.1. The summed E-state index contributed by atoms with van der Waals surface area (Å²) in [7, 11) is 2.14. The normalized spacial score (nSPS) is 16.1. The van der Waals surface area contributed by atoms with E-state index in [0.717, 1.165) is 111 Å². The highest BCUT2D eigenvalue weighted by atomic mass is 16.4. The van der Waals surface area contributed by atoms with Gasteiger partial charge in [-0.1, -0.05) is 161 Å². The van der Waals surface area contributed by atoms with Crippen LogP contribution in [0.15, 0.2) is 260 Å². The molecule has 612 valence electrons. The summed E-state index contributed by atoms with van der Waals surface area (Å²) in [5, 5.41) is 8.71. The molecule has 4 aliphatic heterocycles.